The first-order valence-corrected chi connectivity index (χ1v) is 8.98. The highest BCUT2D eigenvalue weighted by Gasteiger charge is 2.26. The molecule has 29 heavy (non-hydrogen) atoms. The fraction of sp³-hybridized carbons (Fsp3) is 0.316. The van der Waals surface area contributed by atoms with E-state index >= 15 is 0 Å². The van der Waals surface area contributed by atoms with Crippen LogP contribution in [0.1, 0.15) is 45.2 Å². The number of ether oxygens (including phenoxy) is 1. The SMILES string of the molecule is CC(Oc1nn2c(-c3cc(F)ccc3F)nnc2cc1C(C)(C)C)c1ncn[nH]1. The highest BCUT2D eigenvalue weighted by atomic mass is 19.1. The molecule has 1 unspecified atom stereocenters. The molecule has 4 aromatic rings. The molecule has 1 atom stereocenters. The van der Waals surface area contributed by atoms with Crippen LogP contribution < -0.4 is 4.74 Å². The van der Waals surface area contributed by atoms with E-state index in [-0.39, 0.29) is 16.8 Å². The molecule has 0 aliphatic heterocycles. The Bertz CT molecular complexity index is 1170. The monoisotopic (exact) mass is 399 g/mol. The number of hydrogen-bond acceptors (Lipinski definition) is 6. The number of hydrogen-bond donors (Lipinski definition) is 1. The van der Waals surface area contributed by atoms with Crippen LogP contribution in [0.2, 0.25) is 0 Å². The Kier molecular flexibility index (Phi) is 4.48. The van der Waals surface area contributed by atoms with E-state index < -0.39 is 17.7 Å². The van der Waals surface area contributed by atoms with E-state index in [0.717, 1.165) is 23.8 Å². The molecule has 150 valence electrons. The summed E-state index contributed by atoms with van der Waals surface area (Å²) in [5.41, 5.74) is 0.826. The summed E-state index contributed by atoms with van der Waals surface area (Å²) in [6, 6.07) is 4.92. The fourth-order valence-electron chi connectivity index (χ4n) is 2.91. The standard InChI is InChI=1S/C19H19F2N7O/c1-10(16-22-9-23-25-16)29-18-13(19(2,3)4)8-15-24-26-17(28(15)27-18)12-7-11(20)5-6-14(12)21/h5-10H,1-4H3,(H,22,23,25). The number of fused-ring (bicyclic) bond motifs is 1. The Morgan fingerprint density at radius 3 is 2.62 bits per heavy atom. The highest BCUT2D eigenvalue weighted by molar-refractivity contribution is 5.60. The van der Waals surface area contributed by atoms with Gasteiger partial charge >= 0.3 is 0 Å². The van der Waals surface area contributed by atoms with E-state index in [1.165, 1.54) is 10.8 Å². The van der Waals surface area contributed by atoms with E-state index in [1.54, 1.807) is 13.0 Å². The Morgan fingerprint density at radius 2 is 1.93 bits per heavy atom. The number of benzene rings is 1. The van der Waals surface area contributed by atoms with Gasteiger partial charge in [-0.3, -0.25) is 5.10 Å². The van der Waals surface area contributed by atoms with Crippen LogP contribution in [0.4, 0.5) is 8.78 Å². The van der Waals surface area contributed by atoms with Crippen LogP contribution in [-0.4, -0.2) is 35.0 Å². The van der Waals surface area contributed by atoms with Crippen LogP contribution in [0.15, 0.2) is 30.6 Å². The van der Waals surface area contributed by atoms with E-state index in [4.69, 9.17) is 4.74 Å². The van der Waals surface area contributed by atoms with Gasteiger partial charge in [-0.1, -0.05) is 20.8 Å². The van der Waals surface area contributed by atoms with Crippen molar-refractivity contribution in [2.45, 2.75) is 39.2 Å². The van der Waals surface area contributed by atoms with Gasteiger partial charge in [0.2, 0.25) is 5.88 Å². The van der Waals surface area contributed by atoms with E-state index in [1.807, 2.05) is 20.8 Å². The van der Waals surface area contributed by atoms with Crippen LogP contribution in [0, 0.1) is 11.6 Å². The van der Waals surface area contributed by atoms with Crippen molar-refractivity contribution in [1.29, 1.82) is 0 Å². The van der Waals surface area contributed by atoms with Crippen molar-refractivity contribution < 1.29 is 13.5 Å². The molecule has 3 heterocycles. The minimum atomic E-state index is -0.625. The molecule has 0 radical (unpaired) electrons. The molecule has 0 spiro atoms. The lowest BCUT2D eigenvalue weighted by Gasteiger charge is -2.23. The quantitative estimate of drug-likeness (QED) is 0.563. The normalized spacial score (nSPS) is 13.0. The second-order valence-electron chi connectivity index (χ2n) is 7.66. The summed E-state index contributed by atoms with van der Waals surface area (Å²) in [6.07, 6.45) is 0.926. The zero-order valence-corrected chi connectivity index (χ0v) is 16.3. The third kappa shape index (κ3) is 3.53. The smallest absolute Gasteiger partial charge is 0.236 e. The summed E-state index contributed by atoms with van der Waals surface area (Å²) in [6.45, 7) is 7.83. The van der Waals surface area contributed by atoms with Crippen LogP contribution in [-0.2, 0) is 5.41 Å². The molecule has 3 aromatic heterocycles. The molecule has 0 fully saturated rings. The maximum Gasteiger partial charge on any atom is 0.236 e. The average Bonchev–Trinajstić information content (AvgIpc) is 3.32. The van der Waals surface area contributed by atoms with Gasteiger partial charge in [0.25, 0.3) is 0 Å². The Balaban J connectivity index is 1.87. The first-order valence-electron chi connectivity index (χ1n) is 8.98. The van der Waals surface area contributed by atoms with Gasteiger partial charge in [0, 0.05) is 5.56 Å². The lowest BCUT2D eigenvalue weighted by Crippen LogP contribution is -2.18. The van der Waals surface area contributed by atoms with Crippen molar-refractivity contribution >= 4 is 5.65 Å². The number of H-pyrrole nitrogens is 1. The molecule has 1 N–H and O–H groups in total. The molecule has 1 aromatic carbocycles. The third-order valence-corrected chi connectivity index (χ3v) is 4.44. The van der Waals surface area contributed by atoms with Gasteiger partial charge in [-0.2, -0.15) is 9.61 Å². The minimum absolute atomic E-state index is 0.0391. The number of nitrogens with zero attached hydrogens (tertiary/aromatic N) is 6. The molecule has 0 saturated heterocycles. The first kappa shape index (κ1) is 18.9. The van der Waals surface area contributed by atoms with Gasteiger partial charge in [0.05, 0.1) is 5.56 Å². The summed E-state index contributed by atoms with van der Waals surface area (Å²) in [5.74, 6) is -0.284. The molecule has 10 heteroatoms. The van der Waals surface area contributed by atoms with Gasteiger partial charge in [-0.15, -0.1) is 15.3 Å². The Morgan fingerprint density at radius 1 is 1.14 bits per heavy atom. The van der Waals surface area contributed by atoms with Gasteiger partial charge in [-0.05, 0) is 36.6 Å². The molecule has 4 rings (SSSR count). The van der Waals surface area contributed by atoms with Crippen molar-refractivity contribution in [3.8, 4) is 17.3 Å². The Hall–Kier alpha value is -3.43. The summed E-state index contributed by atoms with van der Waals surface area (Å²) >= 11 is 0. The summed E-state index contributed by atoms with van der Waals surface area (Å²) in [4.78, 5) is 4.10. The van der Waals surface area contributed by atoms with E-state index in [9.17, 15) is 8.78 Å². The second kappa shape index (κ2) is 6.87. The zero-order valence-electron chi connectivity index (χ0n) is 16.3. The summed E-state index contributed by atoms with van der Waals surface area (Å²) in [5, 5.41) is 19.2. The van der Waals surface area contributed by atoms with Crippen LogP contribution in [0.3, 0.4) is 0 Å². The maximum absolute atomic E-state index is 14.3. The minimum Gasteiger partial charge on any atom is -0.465 e. The van der Waals surface area contributed by atoms with Crippen molar-refractivity contribution in [2.75, 3.05) is 0 Å². The van der Waals surface area contributed by atoms with Gasteiger partial charge < -0.3 is 4.74 Å². The Labute approximate surface area is 165 Å². The van der Waals surface area contributed by atoms with E-state index in [2.05, 4.69) is 30.5 Å². The molecular formula is C19H19F2N7O. The van der Waals surface area contributed by atoms with Crippen molar-refractivity contribution in [3.63, 3.8) is 0 Å². The topological polar surface area (TPSA) is 93.9 Å². The molecule has 0 bridgehead atoms. The number of halogens is 2. The number of rotatable bonds is 4. The van der Waals surface area contributed by atoms with Crippen molar-refractivity contribution in [1.82, 2.24) is 35.0 Å². The predicted octanol–water partition coefficient (Wildman–Crippen LogP) is 3.63. The van der Waals surface area contributed by atoms with Crippen molar-refractivity contribution in [3.05, 3.63) is 53.6 Å². The fourth-order valence-corrected chi connectivity index (χ4v) is 2.91. The lowest BCUT2D eigenvalue weighted by molar-refractivity contribution is 0.199. The van der Waals surface area contributed by atoms with Crippen LogP contribution in [0.5, 0.6) is 5.88 Å². The molecule has 8 nitrogen and oxygen atoms in total. The molecule has 0 saturated carbocycles. The van der Waals surface area contributed by atoms with Gasteiger partial charge in [-0.25, -0.2) is 13.8 Å². The van der Waals surface area contributed by atoms with Gasteiger partial charge in [0.1, 0.15) is 18.0 Å². The summed E-state index contributed by atoms with van der Waals surface area (Å²) in [7, 11) is 0. The predicted molar refractivity (Wildman–Crippen MR) is 100 cm³/mol. The largest absolute Gasteiger partial charge is 0.465 e. The highest BCUT2D eigenvalue weighted by Crippen LogP contribution is 2.33. The number of aromatic amines is 1. The van der Waals surface area contributed by atoms with Crippen molar-refractivity contribution in [2.24, 2.45) is 0 Å². The summed E-state index contributed by atoms with van der Waals surface area (Å²) < 4.78 is 35.4. The average molecular weight is 399 g/mol. The number of nitrogens with one attached hydrogen (secondary N) is 1. The maximum atomic E-state index is 14.3. The van der Waals surface area contributed by atoms with Crippen LogP contribution >= 0.6 is 0 Å². The third-order valence-electron chi connectivity index (χ3n) is 4.44. The number of aromatic nitrogens is 7. The second-order valence-corrected chi connectivity index (χ2v) is 7.66. The first-order chi connectivity index (χ1) is 13.7. The molecule has 0 amide bonds. The zero-order chi connectivity index (χ0) is 20.8. The molecule has 0 aliphatic rings. The van der Waals surface area contributed by atoms with Crippen LogP contribution in [0.25, 0.3) is 17.0 Å². The lowest BCUT2D eigenvalue weighted by atomic mass is 9.88. The molecule has 0 aliphatic carbocycles. The van der Waals surface area contributed by atoms with E-state index in [0.29, 0.717) is 17.4 Å². The van der Waals surface area contributed by atoms with Gasteiger partial charge in [0.15, 0.2) is 23.4 Å². The molecular weight excluding hydrogens is 380 g/mol.